The number of thiophene rings is 1. The molecular formula is C8H4FIOS. The fraction of sp³-hybridized carbons (Fsp3) is 0. The topological polar surface area (TPSA) is 20.2 Å². The van der Waals surface area contributed by atoms with Crippen LogP contribution in [0.5, 0.6) is 5.75 Å². The van der Waals surface area contributed by atoms with Crippen LogP contribution in [0.4, 0.5) is 4.39 Å². The van der Waals surface area contributed by atoms with Crippen molar-refractivity contribution in [1.29, 1.82) is 0 Å². The molecule has 0 aliphatic carbocycles. The van der Waals surface area contributed by atoms with Crippen LogP contribution in [-0.2, 0) is 0 Å². The molecule has 0 saturated carbocycles. The van der Waals surface area contributed by atoms with Gasteiger partial charge in [0.05, 0.1) is 0 Å². The third kappa shape index (κ3) is 1.19. The molecule has 1 heterocycles. The second kappa shape index (κ2) is 2.85. The van der Waals surface area contributed by atoms with E-state index in [0.29, 0.717) is 8.27 Å². The van der Waals surface area contributed by atoms with E-state index in [1.54, 1.807) is 12.1 Å². The smallest absolute Gasteiger partial charge is 0.155 e. The predicted octanol–water partition coefficient (Wildman–Crippen LogP) is 3.35. The Morgan fingerprint density at radius 1 is 1.42 bits per heavy atom. The van der Waals surface area contributed by atoms with Crippen LogP contribution >= 0.6 is 33.9 Å². The van der Waals surface area contributed by atoms with E-state index >= 15 is 0 Å². The Balaban J connectivity index is 2.87. The van der Waals surface area contributed by atoms with Crippen molar-refractivity contribution in [3.05, 3.63) is 26.9 Å². The molecule has 0 saturated heterocycles. The molecule has 0 radical (unpaired) electrons. The van der Waals surface area contributed by atoms with Gasteiger partial charge in [-0.1, -0.05) is 0 Å². The number of fused-ring (bicyclic) bond motifs is 1. The van der Waals surface area contributed by atoms with Crippen LogP contribution < -0.4 is 0 Å². The first-order valence-electron chi connectivity index (χ1n) is 3.25. The minimum Gasteiger partial charge on any atom is -0.508 e. The van der Waals surface area contributed by atoms with Gasteiger partial charge in [0.1, 0.15) is 8.63 Å². The average Bonchev–Trinajstić information content (AvgIpc) is 2.28. The van der Waals surface area contributed by atoms with Crippen molar-refractivity contribution in [2.24, 2.45) is 0 Å². The van der Waals surface area contributed by atoms with Crippen LogP contribution in [0, 0.1) is 8.70 Å². The molecule has 0 aliphatic rings. The lowest BCUT2D eigenvalue weighted by Crippen LogP contribution is -1.70. The Labute approximate surface area is 86.0 Å². The molecule has 0 fully saturated rings. The van der Waals surface area contributed by atoms with E-state index in [1.165, 1.54) is 17.4 Å². The van der Waals surface area contributed by atoms with E-state index in [0.717, 1.165) is 4.70 Å². The summed E-state index contributed by atoms with van der Waals surface area (Å²) in [6.45, 7) is 0. The zero-order valence-corrected chi connectivity index (χ0v) is 8.82. The molecule has 4 heteroatoms. The quantitative estimate of drug-likeness (QED) is 0.739. The number of rotatable bonds is 0. The fourth-order valence-corrected chi connectivity index (χ4v) is 2.87. The summed E-state index contributed by atoms with van der Waals surface area (Å²) in [5, 5.41) is 9.70. The highest BCUT2D eigenvalue weighted by Crippen LogP contribution is 2.32. The SMILES string of the molecule is Oc1ccc2c(F)c(I)sc2c1. The van der Waals surface area contributed by atoms with Gasteiger partial charge in [-0.3, -0.25) is 0 Å². The third-order valence-electron chi connectivity index (χ3n) is 1.57. The zero-order chi connectivity index (χ0) is 8.72. The number of benzene rings is 1. The molecule has 0 atom stereocenters. The molecule has 1 nitrogen and oxygen atoms in total. The van der Waals surface area contributed by atoms with Crippen molar-refractivity contribution in [1.82, 2.24) is 0 Å². The standard InChI is InChI=1S/C8H4FIOS/c9-7-5-2-1-4(11)3-6(5)12-8(7)10/h1-3,11H. The summed E-state index contributed by atoms with van der Waals surface area (Å²) < 4.78 is 14.6. The minimum absolute atomic E-state index is 0.181. The van der Waals surface area contributed by atoms with E-state index in [1.807, 2.05) is 22.6 Å². The largest absolute Gasteiger partial charge is 0.508 e. The molecule has 1 aromatic carbocycles. The maximum absolute atomic E-state index is 13.2. The van der Waals surface area contributed by atoms with Crippen LogP contribution in [0.15, 0.2) is 18.2 Å². The van der Waals surface area contributed by atoms with E-state index in [9.17, 15) is 4.39 Å². The molecule has 0 aliphatic heterocycles. The molecular weight excluding hydrogens is 290 g/mol. The van der Waals surface area contributed by atoms with Crippen LogP contribution in [0.3, 0.4) is 0 Å². The van der Waals surface area contributed by atoms with Crippen molar-refractivity contribution in [2.75, 3.05) is 0 Å². The summed E-state index contributed by atoms with van der Waals surface area (Å²) in [6, 6.07) is 4.66. The normalized spacial score (nSPS) is 10.8. The van der Waals surface area contributed by atoms with Crippen molar-refractivity contribution < 1.29 is 9.50 Å². The monoisotopic (exact) mass is 294 g/mol. The number of hydrogen-bond donors (Lipinski definition) is 1. The van der Waals surface area contributed by atoms with Crippen molar-refractivity contribution in [3.63, 3.8) is 0 Å². The van der Waals surface area contributed by atoms with Crippen LogP contribution in [0.1, 0.15) is 0 Å². The second-order valence-electron chi connectivity index (χ2n) is 2.37. The molecule has 1 aromatic heterocycles. The first-order chi connectivity index (χ1) is 5.68. The Morgan fingerprint density at radius 2 is 2.17 bits per heavy atom. The third-order valence-corrected chi connectivity index (χ3v) is 3.62. The van der Waals surface area contributed by atoms with Gasteiger partial charge in [0.15, 0.2) is 5.82 Å². The van der Waals surface area contributed by atoms with Crippen LogP contribution in [0.25, 0.3) is 10.1 Å². The van der Waals surface area contributed by atoms with Crippen LogP contribution in [0.2, 0.25) is 0 Å². The number of phenols is 1. The molecule has 2 rings (SSSR count). The van der Waals surface area contributed by atoms with E-state index in [2.05, 4.69) is 0 Å². The van der Waals surface area contributed by atoms with Gasteiger partial charge >= 0.3 is 0 Å². The number of hydrogen-bond acceptors (Lipinski definition) is 2. The van der Waals surface area contributed by atoms with Gasteiger partial charge in [0.2, 0.25) is 0 Å². The van der Waals surface area contributed by atoms with Gasteiger partial charge in [-0.05, 0) is 40.8 Å². The summed E-state index contributed by atoms with van der Waals surface area (Å²) in [5.74, 6) is -0.00394. The Bertz CT molecular complexity index is 438. The van der Waals surface area contributed by atoms with Crippen molar-refractivity contribution in [3.8, 4) is 5.75 Å². The summed E-state index contributed by atoms with van der Waals surface area (Å²) in [7, 11) is 0. The predicted molar refractivity (Wildman–Crippen MR) is 56.2 cm³/mol. The summed E-state index contributed by atoms with van der Waals surface area (Å²) in [6.07, 6.45) is 0. The summed E-state index contributed by atoms with van der Waals surface area (Å²) in [4.78, 5) is 0. The van der Waals surface area contributed by atoms with Gasteiger partial charge in [-0.15, -0.1) is 11.3 Å². The van der Waals surface area contributed by atoms with Crippen molar-refractivity contribution >= 4 is 44.0 Å². The molecule has 1 N–H and O–H groups in total. The maximum Gasteiger partial charge on any atom is 0.155 e. The van der Waals surface area contributed by atoms with E-state index < -0.39 is 0 Å². The van der Waals surface area contributed by atoms with Crippen molar-refractivity contribution in [2.45, 2.75) is 0 Å². The molecule has 62 valence electrons. The van der Waals surface area contributed by atoms with Gasteiger partial charge in [0, 0.05) is 10.1 Å². The lowest BCUT2D eigenvalue weighted by Gasteiger charge is -1.90. The highest BCUT2D eigenvalue weighted by Gasteiger charge is 2.08. The lowest BCUT2D eigenvalue weighted by molar-refractivity contribution is 0.476. The lowest BCUT2D eigenvalue weighted by atomic mass is 10.2. The van der Waals surface area contributed by atoms with Gasteiger partial charge in [-0.25, -0.2) is 4.39 Å². The summed E-state index contributed by atoms with van der Waals surface area (Å²) in [5.41, 5.74) is 0. The Hall–Kier alpha value is -0.360. The number of halogens is 2. The first-order valence-corrected chi connectivity index (χ1v) is 5.14. The molecule has 2 aromatic rings. The molecule has 0 spiro atoms. The fourth-order valence-electron chi connectivity index (χ4n) is 1.02. The zero-order valence-electron chi connectivity index (χ0n) is 5.84. The van der Waals surface area contributed by atoms with Crippen LogP contribution in [-0.4, -0.2) is 5.11 Å². The number of aromatic hydroxyl groups is 1. The van der Waals surface area contributed by atoms with E-state index in [-0.39, 0.29) is 11.6 Å². The highest BCUT2D eigenvalue weighted by molar-refractivity contribution is 14.1. The molecule has 0 bridgehead atoms. The molecule has 0 amide bonds. The van der Waals surface area contributed by atoms with Gasteiger partial charge in [0.25, 0.3) is 0 Å². The Kier molecular flexibility index (Phi) is 1.96. The highest BCUT2D eigenvalue weighted by atomic mass is 127. The van der Waals surface area contributed by atoms with E-state index in [4.69, 9.17) is 5.11 Å². The Morgan fingerprint density at radius 3 is 2.92 bits per heavy atom. The van der Waals surface area contributed by atoms with Gasteiger partial charge in [-0.2, -0.15) is 0 Å². The minimum atomic E-state index is -0.185. The first kappa shape index (κ1) is 8.25. The summed E-state index contributed by atoms with van der Waals surface area (Å²) >= 11 is 3.30. The molecule has 12 heavy (non-hydrogen) atoms. The maximum atomic E-state index is 13.2. The molecule has 0 unspecified atom stereocenters. The van der Waals surface area contributed by atoms with Gasteiger partial charge < -0.3 is 5.11 Å². The second-order valence-corrected chi connectivity index (χ2v) is 5.23. The average molecular weight is 294 g/mol. The number of phenolic OH excluding ortho intramolecular Hbond substituents is 1.